The second-order valence-electron chi connectivity index (χ2n) is 9.92. The normalized spacial score (nSPS) is 12.1. The molecule has 0 saturated heterocycles. The number of benzene rings is 4. The number of hydrogen-bond donors (Lipinski definition) is 0. The first-order chi connectivity index (χ1) is 17.3. The fourth-order valence-corrected chi connectivity index (χ4v) is 5.17. The Morgan fingerprint density at radius 1 is 0.750 bits per heavy atom. The van der Waals surface area contributed by atoms with Crippen LogP contribution in [0, 0.1) is 11.6 Å². The van der Waals surface area contributed by atoms with Crippen molar-refractivity contribution in [3.63, 3.8) is 0 Å². The van der Waals surface area contributed by atoms with E-state index in [-0.39, 0.29) is 23.5 Å². The molecule has 0 spiro atoms. The number of rotatable bonds is 4. The van der Waals surface area contributed by atoms with Gasteiger partial charge in [0, 0.05) is 22.9 Å². The van der Waals surface area contributed by atoms with Crippen molar-refractivity contribution in [1.82, 2.24) is 9.55 Å². The number of aromatic nitrogens is 2. The molecule has 2 aromatic heterocycles. The summed E-state index contributed by atoms with van der Waals surface area (Å²) in [5.74, 6) is 0.472. The second kappa shape index (κ2) is 8.30. The Bertz CT molecular complexity index is 1750. The van der Waals surface area contributed by atoms with Crippen molar-refractivity contribution < 1.29 is 13.2 Å². The molecule has 0 radical (unpaired) electrons. The van der Waals surface area contributed by atoms with Gasteiger partial charge >= 0.3 is 0 Å². The van der Waals surface area contributed by atoms with Crippen molar-refractivity contribution in [2.24, 2.45) is 0 Å². The van der Waals surface area contributed by atoms with Crippen molar-refractivity contribution in [3.05, 3.63) is 95.6 Å². The summed E-state index contributed by atoms with van der Waals surface area (Å²) < 4.78 is 36.9. The highest BCUT2D eigenvalue weighted by Crippen LogP contribution is 2.41. The van der Waals surface area contributed by atoms with Crippen LogP contribution in [0.15, 0.2) is 77.2 Å². The molecular weight excluding hydrogens is 454 g/mol. The lowest BCUT2D eigenvalue weighted by molar-refractivity contribution is 0.618. The smallest absolute Gasteiger partial charge is 0.149 e. The van der Waals surface area contributed by atoms with E-state index in [0.717, 1.165) is 33.2 Å². The van der Waals surface area contributed by atoms with Crippen LogP contribution in [0.3, 0.4) is 0 Å². The first-order valence-corrected chi connectivity index (χ1v) is 12.3. The standard InChI is InChI=1S/C31H26F2N2O/c1-17(2)21-7-5-8-22(18(3)4)29(21)35-27-15-19(32)12-14-26(27)34-31(35)25-10-6-9-24-23-13-11-20(33)16-28(23)36-30(24)25/h5-18H,1-4H3. The molecular formula is C31H26F2N2O. The molecule has 0 unspecified atom stereocenters. The molecule has 0 saturated carbocycles. The SMILES string of the molecule is CC(C)c1cccc(C(C)C)c1-n1c(-c2cccc3c2oc2cc(F)ccc23)nc2ccc(F)cc21. The third-order valence-electron chi connectivity index (χ3n) is 6.88. The van der Waals surface area contributed by atoms with Gasteiger partial charge in [-0.1, -0.05) is 58.0 Å². The lowest BCUT2D eigenvalue weighted by atomic mass is 9.92. The van der Waals surface area contributed by atoms with Gasteiger partial charge in [-0.2, -0.15) is 0 Å². The summed E-state index contributed by atoms with van der Waals surface area (Å²) in [5, 5.41) is 1.72. The Labute approximate surface area is 208 Å². The van der Waals surface area contributed by atoms with Crippen molar-refractivity contribution in [1.29, 1.82) is 0 Å². The molecule has 0 N–H and O–H groups in total. The Kier molecular flexibility index (Phi) is 5.18. The van der Waals surface area contributed by atoms with Crippen LogP contribution in [0.1, 0.15) is 50.7 Å². The summed E-state index contributed by atoms with van der Waals surface area (Å²) in [6.07, 6.45) is 0. The van der Waals surface area contributed by atoms with Crippen LogP contribution >= 0.6 is 0 Å². The number of halogens is 2. The molecule has 3 nitrogen and oxygen atoms in total. The van der Waals surface area contributed by atoms with Crippen LogP contribution in [0.5, 0.6) is 0 Å². The van der Waals surface area contributed by atoms with Crippen molar-refractivity contribution >= 4 is 33.0 Å². The molecule has 6 rings (SSSR count). The van der Waals surface area contributed by atoms with Crippen molar-refractivity contribution in [2.45, 2.75) is 39.5 Å². The Hall–Kier alpha value is -3.99. The van der Waals surface area contributed by atoms with Crippen LogP contribution in [0.25, 0.3) is 50.0 Å². The number of fused-ring (bicyclic) bond motifs is 4. The van der Waals surface area contributed by atoms with Gasteiger partial charge in [0.2, 0.25) is 0 Å². The minimum absolute atomic E-state index is 0.238. The number of imidazole rings is 1. The van der Waals surface area contributed by atoms with Gasteiger partial charge in [0.05, 0.1) is 22.3 Å². The third kappa shape index (κ3) is 3.41. The Morgan fingerprint density at radius 2 is 1.42 bits per heavy atom. The van der Waals surface area contributed by atoms with E-state index in [1.807, 2.05) is 18.2 Å². The van der Waals surface area contributed by atoms with Crippen LogP contribution in [-0.2, 0) is 0 Å². The maximum absolute atomic E-state index is 14.6. The maximum Gasteiger partial charge on any atom is 0.149 e. The number of hydrogen-bond acceptors (Lipinski definition) is 2. The number of para-hydroxylation sites is 2. The molecule has 5 heteroatoms. The van der Waals surface area contributed by atoms with Crippen LogP contribution in [-0.4, -0.2) is 9.55 Å². The molecule has 6 aromatic rings. The molecule has 4 aromatic carbocycles. The summed E-state index contributed by atoms with van der Waals surface area (Å²) >= 11 is 0. The monoisotopic (exact) mass is 480 g/mol. The summed E-state index contributed by atoms with van der Waals surface area (Å²) in [4.78, 5) is 5.00. The molecule has 180 valence electrons. The molecule has 36 heavy (non-hydrogen) atoms. The van der Waals surface area contributed by atoms with Gasteiger partial charge in [0.25, 0.3) is 0 Å². The van der Waals surface area contributed by atoms with Gasteiger partial charge in [-0.05, 0) is 53.3 Å². The van der Waals surface area contributed by atoms with E-state index in [0.29, 0.717) is 28.0 Å². The largest absolute Gasteiger partial charge is 0.455 e. The molecule has 0 bridgehead atoms. The predicted molar refractivity (Wildman–Crippen MR) is 142 cm³/mol. The fraction of sp³-hybridized carbons (Fsp3) is 0.194. The molecule has 2 heterocycles. The van der Waals surface area contributed by atoms with E-state index in [9.17, 15) is 8.78 Å². The van der Waals surface area contributed by atoms with Crippen molar-refractivity contribution in [3.8, 4) is 17.1 Å². The molecule has 0 aliphatic carbocycles. The topological polar surface area (TPSA) is 31.0 Å². The van der Waals surface area contributed by atoms with E-state index >= 15 is 0 Å². The molecule has 0 amide bonds. The summed E-state index contributed by atoms with van der Waals surface area (Å²) in [6.45, 7) is 8.65. The predicted octanol–water partition coefficient (Wildman–Crippen LogP) is 9.12. The Balaban J connectivity index is 1.77. The number of furan rings is 1. The van der Waals surface area contributed by atoms with Crippen molar-refractivity contribution in [2.75, 3.05) is 0 Å². The fourth-order valence-electron chi connectivity index (χ4n) is 5.17. The maximum atomic E-state index is 14.6. The Morgan fingerprint density at radius 3 is 2.14 bits per heavy atom. The quantitative estimate of drug-likeness (QED) is 0.252. The van der Waals surface area contributed by atoms with Gasteiger partial charge in [0.15, 0.2) is 0 Å². The molecule has 0 fully saturated rings. The van der Waals surface area contributed by atoms with E-state index in [4.69, 9.17) is 9.40 Å². The van der Waals surface area contributed by atoms with Crippen LogP contribution in [0.4, 0.5) is 8.78 Å². The van der Waals surface area contributed by atoms with Crippen LogP contribution in [0.2, 0.25) is 0 Å². The number of nitrogens with zero attached hydrogens (tertiary/aromatic N) is 2. The third-order valence-corrected chi connectivity index (χ3v) is 6.88. The lowest BCUT2D eigenvalue weighted by Crippen LogP contribution is -2.08. The van der Waals surface area contributed by atoms with E-state index < -0.39 is 0 Å². The summed E-state index contributed by atoms with van der Waals surface area (Å²) in [7, 11) is 0. The minimum atomic E-state index is -0.349. The van der Waals surface area contributed by atoms with Gasteiger partial charge < -0.3 is 4.42 Å². The summed E-state index contributed by atoms with van der Waals surface area (Å²) in [6, 6.07) is 21.5. The average molecular weight is 481 g/mol. The van der Waals surface area contributed by atoms with Gasteiger partial charge in [-0.15, -0.1) is 0 Å². The van der Waals surface area contributed by atoms with E-state index in [1.165, 1.54) is 18.2 Å². The van der Waals surface area contributed by atoms with Gasteiger partial charge in [0.1, 0.15) is 28.6 Å². The molecule has 0 aliphatic rings. The highest BCUT2D eigenvalue weighted by Gasteiger charge is 2.24. The van der Waals surface area contributed by atoms with E-state index in [1.54, 1.807) is 18.2 Å². The zero-order chi connectivity index (χ0) is 25.1. The first kappa shape index (κ1) is 22.5. The highest BCUT2D eigenvalue weighted by molar-refractivity contribution is 6.09. The molecule has 0 atom stereocenters. The average Bonchev–Trinajstić information content (AvgIpc) is 3.40. The minimum Gasteiger partial charge on any atom is -0.455 e. The highest BCUT2D eigenvalue weighted by atomic mass is 19.1. The molecule has 0 aliphatic heterocycles. The van der Waals surface area contributed by atoms with Gasteiger partial charge in [-0.3, -0.25) is 4.57 Å². The zero-order valence-electron chi connectivity index (χ0n) is 20.6. The van der Waals surface area contributed by atoms with E-state index in [2.05, 4.69) is 50.5 Å². The zero-order valence-corrected chi connectivity index (χ0v) is 20.6. The second-order valence-corrected chi connectivity index (χ2v) is 9.92. The lowest BCUT2D eigenvalue weighted by Gasteiger charge is -2.22. The summed E-state index contributed by atoms with van der Waals surface area (Å²) in [5.41, 5.74) is 6.60. The first-order valence-electron chi connectivity index (χ1n) is 12.3. The van der Waals surface area contributed by atoms with Gasteiger partial charge in [-0.25, -0.2) is 13.8 Å². The van der Waals surface area contributed by atoms with Crippen LogP contribution < -0.4 is 0 Å².